The molecule has 1 amide bonds. The number of carbonyl (C=O) groups excluding carboxylic acids is 1. The van der Waals surface area contributed by atoms with E-state index in [9.17, 15) is 10.1 Å². The quantitative estimate of drug-likeness (QED) is 0.869. The molecule has 1 saturated carbocycles. The van der Waals surface area contributed by atoms with E-state index in [1.165, 1.54) is 0 Å². The predicted molar refractivity (Wildman–Crippen MR) is 101 cm³/mol. The number of amides is 1. The Labute approximate surface area is 154 Å². The molecule has 5 heteroatoms. The largest absolute Gasteiger partial charge is 0.338 e. The Hall–Kier alpha value is -2.71. The van der Waals surface area contributed by atoms with E-state index < -0.39 is 11.6 Å². The first kappa shape index (κ1) is 18.1. The highest BCUT2D eigenvalue weighted by atomic mass is 16.2. The molecule has 1 aliphatic carbocycles. The van der Waals surface area contributed by atoms with Gasteiger partial charge in [-0.05, 0) is 41.7 Å². The lowest BCUT2D eigenvalue weighted by Gasteiger charge is -2.32. The number of nitrogens with two attached hydrogens (primary N) is 1. The van der Waals surface area contributed by atoms with Crippen molar-refractivity contribution in [2.45, 2.75) is 50.1 Å². The van der Waals surface area contributed by atoms with E-state index in [0.29, 0.717) is 19.3 Å². The molecule has 0 bridgehead atoms. The minimum atomic E-state index is -0.821. The maximum atomic E-state index is 12.5. The van der Waals surface area contributed by atoms with Gasteiger partial charge in [0.1, 0.15) is 6.04 Å². The number of pyridine rings is 1. The molecule has 3 N–H and O–H groups in total. The fraction of sp³-hybridized carbons (Fsp3) is 0.381. The minimum Gasteiger partial charge on any atom is -0.338 e. The number of carbonyl (C=O) groups is 1. The van der Waals surface area contributed by atoms with E-state index in [1.54, 1.807) is 12.4 Å². The van der Waals surface area contributed by atoms with Gasteiger partial charge in [0.25, 0.3) is 0 Å². The number of rotatable bonds is 5. The van der Waals surface area contributed by atoms with Gasteiger partial charge in [-0.2, -0.15) is 5.26 Å². The van der Waals surface area contributed by atoms with Gasteiger partial charge in [-0.25, -0.2) is 0 Å². The van der Waals surface area contributed by atoms with E-state index in [1.807, 2.05) is 36.4 Å². The number of benzene rings is 1. The lowest BCUT2D eigenvalue weighted by atomic mass is 9.81. The maximum Gasteiger partial charge on any atom is 0.241 e. The van der Waals surface area contributed by atoms with Crippen molar-refractivity contribution in [2.24, 2.45) is 5.73 Å². The third kappa shape index (κ3) is 4.27. The Morgan fingerprint density at radius 3 is 2.35 bits per heavy atom. The predicted octanol–water partition coefficient (Wildman–Crippen LogP) is 2.96. The number of nitriles is 1. The van der Waals surface area contributed by atoms with E-state index in [0.717, 1.165) is 36.0 Å². The minimum absolute atomic E-state index is 0.197. The van der Waals surface area contributed by atoms with Crippen molar-refractivity contribution in [3.63, 3.8) is 0 Å². The molecule has 1 aromatic carbocycles. The second-order valence-electron chi connectivity index (χ2n) is 7.01. The SMILES string of the molecule is N#CC(Cc1ccc(-c2ccncc2)cc1)NC(=O)C1(N)CCCCC1. The van der Waals surface area contributed by atoms with Gasteiger partial charge in [-0.3, -0.25) is 9.78 Å². The van der Waals surface area contributed by atoms with Crippen LogP contribution in [-0.2, 0) is 11.2 Å². The van der Waals surface area contributed by atoms with Crippen molar-refractivity contribution in [3.05, 3.63) is 54.4 Å². The van der Waals surface area contributed by atoms with E-state index in [-0.39, 0.29) is 5.91 Å². The Bertz CT molecular complexity index is 774. The van der Waals surface area contributed by atoms with Gasteiger partial charge >= 0.3 is 0 Å². The molecule has 1 fully saturated rings. The van der Waals surface area contributed by atoms with Gasteiger partial charge in [0, 0.05) is 18.8 Å². The van der Waals surface area contributed by atoms with Gasteiger partial charge in [0.05, 0.1) is 11.6 Å². The molecule has 3 rings (SSSR count). The molecule has 0 radical (unpaired) electrons. The summed E-state index contributed by atoms with van der Waals surface area (Å²) in [6.45, 7) is 0. The Kier molecular flexibility index (Phi) is 5.65. The van der Waals surface area contributed by atoms with Crippen molar-refractivity contribution in [1.82, 2.24) is 10.3 Å². The highest BCUT2D eigenvalue weighted by Gasteiger charge is 2.36. The summed E-state index contributed by atoms with van der Waals surface area (Å²) in [6.07, 6.45) is 8.44. The van der Waals surface area contributed by atoms with E-state index in [2.05, 4.69) is 16.4 Å². The smallest absolute Gasteiger partial charge is 0.241 e. The fourth-order valence-electron chi connectivity index (χ4n) is 3.45. The van der Waals surface area contributed by atoms with Crippen LogP contribution in [0.15, 0.2) is 48.8 Å². The first-order chi connectivity index (χ1) is 12.6. The highest BCUT2D eigenvalue weighted by molar-refractivity contribution is 5.86. The zero-order valence-corrected chi connectivity index (χ0v) is 14.8. The molecule has 1 heterocycles. The van der Waals surface area contributed by atoms with Crippen molar-refractivity contribution in [2.75, 3.05) is 0 Å². The molecule has 1 atom stereocenters. The molecule has 5 nitrogen and oxygen atoms in total. The van der Waals surface area contributed by atoms with Crippen LogP contribution >= 0.6 is 0 Å². The monoisotopic (exact) mass is 348 g/mol. The Balaban J connectivity index is 1.63. The van der Waals surface area contributed by atoms with Gasteiger partial charge in [-0.15, -0.1) is 0 Å². The highest BCUT2D eigenvalue weighted by Crippen LogP contribution is 2.26. The molecule has 1 aromatic heterocycles. The van der Waals surface area contributed by atoms with Crippen LogP contribution in [-0.4, -0.2) is 22.5 Å². The summed E-state index contributed by atoms with van der Waals surface area (Å²) in [4.78, 5) is 16.5. The summed E-state index contributed by atoms with van der Waals surface area (Å²) in [5.74, 6) is -0.197. The first-order valence-electron chi connectivity index (χ1n) is 9.09. The summed E-state index contributed by atoms with van der Waals surface area (Å²) in [6, 6.07) is 13.6. The normalized spacial score (nSPS) is 17.1. The summed E-state index contributed by atoms with van der Waals surface area (Å²) < 4.78 is 0. The van der Waals surface area contributed by atoms with Crippen LogP contribution in [0, 0.1) is 11.3 Å². The molecule has 0 saturated heterocycles. The molecule has 1 aliphatic rings. The number of nitrogens with one attached hydrogen (secondary N) is 1. The summed E-state index contributed by atoms with van der Waals surface area (Å²) in [5, 5.41) is 12.3. The number of nitrogens with zero attached hydrogens (tertiary/aromatic N) is 2. The first-order valence-corrected chi connectivity index (χ1v) is 9.09. The van der Waals surface area contributed by atoms with Gasteiger partial charge in [-0.1, -0.05) is 43.5 Å². The van der Waals surface area contributed by atoms with Crippen molar-refractivity contribution < 1.29 is 4.79 Å². The fourth-order valence-corrected chi connectivity index (χ4v) is 3.45. The number of hydrogen-bond donors (Lipinski definition) is 2. The molecular weight excluding hydrogens is 324 g/mol. The molecule has 1 unspecified atom stereocenters. The van der Waals surface area contributed by atoms with Crippen LogP contribution < -0.4 is 11.1 Å². The van der Waals surface area contributed by atoms with Crippen molar-refractivity contribution in [1.29, 1.82) is 5.26 Å². The summed E-state index contributed by atoms with van der Waals surface area (Å²) in [7, 11) is 0. The van der Waals surface area contributed by atoms with Crippen molar-refractivity contribution in [3.8, 4) is 17.2 Å². The maximum absolute atomic E-state index is 12.5. The number of aromatic nitrogens is 1. The number of hydrogen-bond acceptors (Lipinski definition) is 4. The zero-order valence-electron chi connectivity index (χ0n) is 14.8. The summed E-state index contributed by atoms with van der Waals surface area (Å²) in [5.41, 5.74) is 8.63. The third-order valence-corrected chi connectivity index (χ3v) is 5.07. The van der Waals surface area contributed by atoms with Crippen LogP contribution in [0.2, 0.25) is 0 Å². The molecule has 0 aliphatic heterocycles. The van der Waals surface area contributed by atoms with Crippen LogP contribution in [0.25, 0.3) is 11.1 Å². The van der Waals surface area contributed by atoms with Crippen LogP contribution in [0.1, 0.15) is 37.7 Å². The van der Waals surface area contributed by atoms with Gasteiger partial charge in [0.2, 0.25) is 5.91 Å². The lowest BCUT2D eigenvalue weighted by Crippen LogP contribution is -2.57. The molecule has 0 spiro atoms. The lowest BCUT2D eigenvalue weighted by molar-refractivity contribution is -0.127. The van der Waals surface area contributed by atoms with Crippen LogP contribution in [0.3, 0.4) is 0 Å². The average Bonchev–Trinajstić information content (AvgIpc) is 2.69. The second-order valence-corrected chi connectivity index (χ2v) is 7.01. The molecule has 134 valence electrons. The Morgan fingerprint density at radius 2 is 1.73 bits per heavy atom. The molecular formula is C21H24N4O. The Morgan fingerprint density at radius 1 is 1.12 bits per heavy atom. The van der Waals surface area contributed by atoms with Gasteiger partial charge < -0.3 is 11.1 Å². The van der Waals surface area contributed by atoms with Gasteiger partial charge in [0.15, 0.2) is 0 Å². The van der Waals surface area contributed by atoms with E-state index in [4.69, 9.17) is 5.73 Å². The second kappa shape index (κ2) is 8.11. The third-order valence-electron chi connectivity index (χ3n) is 5.07. The van der Waals surface area contributed by atoms with Crippen molar-refractivity contribution >= 4 is 5.91 Å². The standard InChI is InChI=1S/C21H24N4O/c22-15-19(25-20(26)21(23)10-2-1-3-11-21)14-16-4-6-17(7-5-16)18-8-12-24-13-9-18/h4-9,12-13,19H,1-3,10-11,14,23H2,(H,25,26). The topological polar surface area (TPSA) is 91.8 Å². The molecule has 26 heavy (non-hydrogen) atoms. The molecule has 2 aromatic rings. The summed E-state index contributed by atoms with van der Waals surface area (Å²) >= 11 is 0. The van der Waals surface area contributed by atoms with Crippen LogP contribution in [0.5, 0.6) is 0 Å². The average molecular weight is 348 g/mol. The van der Waals surface area contributed by atoms with Crippen LogP contribution in [0.4, 0.5) is 0 Å². The zero-order chi connectivity index (χ0) is 18.4. The van der Waals surface area contributed by atoms with E-state index >= 15 is 0 Å².